The second kappa shape index (κ2) is 12.9. The first-order valence-electron chi connectivity index (χ1n) is 11.5. The van der Waals surface area contributed by atoms with E-state index in [0.29, 0.717) is 42.4 Å². The third kappa shape index (κ3) is 7.67. The van der Waals surface area contributed by atoms with Crippen LogP contribution in [0, 0.1) is 3.57 Å². The maximum Gasteiger partial charge on any atom is 0.416 e. The predicted molar refractivity (Wildman–Crippen MR) is 159 cm³/mol. The first kappa shape index (κ1) is 31.0. The molecule has 0 saturated carbocycles. The quantitative estimate of drug-likeness (QED) is 0.187. The van der Waals surface area contributed by atoms with Gasteiger partial charge in [-0.1, -0.05) is 35.3 Å². The first-order chi connectivity index (χ1) is 19.3. The van der Waals surface area contributed by atoms with E-state index < -0.39 is 35.3 Å². The molecule has 1 aliphatic heterocycles. The van der Waals surface area contributed by atoms with Crippen LogP contribution in [0.4, 0.5) is 23.7 Å². The van der Waals surface area contributed by atoms with E-state index in [1.807, 2.05) is 22.6 Å². The predicted octanol–water partition coefficient (Wildman–Crippen LogP) is 7.88. The molecule has 7 nitrogen and oxygen atoms in total. The van der Waals surface area contributed by atoms with Crippen molar-refractivity contribution >= 4 is 86.4 Å². The number of halogens is 6. The second-order valence-electron chi connectivity index (χ2n) is 8.47. The molecular formula is C27H18Cl2F3IN2O5S. The maximum absolute atomic E-state index is 12.9. The van der Waals surface area contributed by atoms with Gasteiger partial charge in [0.05, 0.1) is 31.2 Å². The lowest BCUT2D eigenvalue weighted by molar-refractivity contribution is -0.137. The lowest BCUT2D eigenvalue weighted by Gasteiger charge is -2.14. The van der Waals surface area contributed by atoms with E-state index in [1.165, 1.54) is 19.3 Å². The van der Waals surface area contributed by atoms with Gasteiger partial charge in [-0.25, -0.2) is 0 Å². The average Bonchev–Trinajstić information content (AvgIpc) is 3.16. The normalized spacial score (nSPS) is 14.5. The lowest BCUT2D eigenvalue weighted by Crippen LogP contribution is -2.36. The maximum atomic E-state index is 12.9. The van der Waals surface area contributed by atoms with E-state index >= 15 is 0 Å². The molecule has 0 unspecified atom stereocenters. The van der Waals surface area contributed by atoms with Crippen LogP contribution in [0.2, 0.25) is 10.0 Å². The molecule has 4 rings (SSSR count). The Kier molecular flexibility index (Phi) is 9.77. The topological polar surface area (TPSA) is 84.9 Å². The summed E-state index contributed by atoms with van der Waals surface area (Å²) in [5.41, 5.74) is 0.259. The third-order valence-corrected chi connectivity index (χ3v) is 8.01. The van der Waals surface area contributed by atoms with Crippen molar-refractivity contribution in [3.05, 3.63) is 89.8 Å². The van der Waals surface area contributed by atoms with Gasteiger partial charge >= 0.3 is 6.18 Å². The number of thioether (sulfide) groups is 1. The number of ether oxygens (including phenoxy) is 2. The van der Waals surface area contributed by atoms with Crippen LogP contribution in [0.25, 0.3) is 6.08 Å². The molecule has 1 heterocycles. The largest absolute Gasteiger partial charge is 0.493 e. The molecule has 0 atom stereocenters. The van der Waals surface area contributed by atoms with Crippen molar-refractivity contribution in [3.8, 4) is 11.5 Å². The van der Waals surface area contributed by atoms with Crippen LogP contribution in [-0.2, 0) is 22.4 Å². The van der Waals surface area contributed by atoms with Crippen molar-refractivity contribution in [2.24, 2.45) is 0 Å². The van der Waals surface area contributed by atoms with Crippen LogP contribution in [0.1, 0.15) is 16.7 Å². The molecule has 1 saturated heterocycles. The van der Waals surface area contributed by atoms with E-state index in [0.717, 1.165) is 28.7 Å². The van der Waals surface area contributed by atoms with Crippen molar-refractivity contribution in [1.29, 1.82) is 0 Å². The minimum atomic E-state index is -4.59. The molecule has 0 aromatic heterocycles. The van der Waals surface area contributed by atoms with Crippen molar-refractivity contribution < 1.29 is 37.0 Å². The second-order valence-corrected chi connectivity index (χ2v) is 11.4. The minimum absolute atomic E-state index is 0.0594. The smallest absolute Gasteiger partial charge is 0.416 e. The number of methoxy groups -OCH3 is 1. The number of amides is 3. The Morgan fingerprint density at radius 1 is 1.10 bits per heavy atom. The standard InChI is InChI=1S/C27H18Cl2F3IN2O5S/c1-39-21-9-15(8-20(33)24(21)40-13-14-5-6-18(28)19(29)7-14)10-22-25(37)35(26(38)41-22)12-23(36)34-17-4-2-3-16(11-17)27(30,31)32/h2-11H,12-13H2,1H3,(H,34,36)/b22-10-. The monoisotopic (exact) mass is 736 g/mol. The van der Waals surface area contributed by atoms with Crippen LogP contribution >= 0.6 is 57.6 Å². The molecule has 0 bridgehead atoms. The zero-order valence-electron chi connectivity index (χ0n) is 20.9. The van der Waals surface area contributed by atoms with Crippen molar-refractivity contribution in [2.45, 2.75) is 12.8 Å². The van der Waals surface area contributed by atoms with Gasteiger partial charge in [-0.3, -0.25) is 19.3 Å². The number of alkyl halides is 3. The Morgan fingerprint density at radius 3 is 2.54 bits per heavy atom. The zero-order valence-corrected chi connectivity index (χ0v) is 25.3. The van der Waals surface area contributed by atoms with Crippen LogP contribution in [0.5, 0.6) is 11.5 Å². The van der Waals surface area contributed by atoms with Gasteiger partial charge in [-0.2, -0.15) is 13.2 Å². The highest BCUT2D eigenvalue weighted by Gasteiger charge is 2.36. The molecule has 3 aromatic rings. The summed E-state index contributed by atoms with van der Waals surface area (Å²) in [4.78, 5) is 38.6. The number of rotatable bonds is 8. The summed E-state index contributed by atoms with van der Waals surface area (Å²) in [6, 6.07) is 12.5. The van der Waals surface area contributed by atoms with Gasteiger partial charge in [0.15, 0.2) is 11.5 Å². The van der Waals surface area contributed by atoms with Gasteiger partial charge in [0.1, 0.15) is 13.2 Å². The van der Waals surface area contributed by atoms with E-state index in [1.54, 1.807) is 30.3 Å². The van der Waals surface area contributed by atoms with Crippen molar-refractivity contribution in [3.63, 3.8) is 0 Å². The van der Waals surface area contributed by atoms with Gasteiger partial charge in [0, 0.05) is 5.69 Å². The minimum Gasteiger partial charge on any atom is -0.493 e. The molecule has 0 spiro atoms. The molecule has 1 aliphatic rings. The van der Waals surface area contributed by atoms with Crippen LogP contribution in [-0.4, -0.2) is 35.6 Å². The Hall–Kier alpha value is -2.94. The summed E-state index contributed by atoms with van der Waals surface area (Å²) in [6.45, 7) is -0.481. The molecule has 0 aliphatic carbocycles. The van der Waals surface area contributed by atoms with Crippen LogP contribution in [0.3, 0.4) is 0 Å². The Bertz CT molecular complexity index is 1570. The number of hydrogen-bond acceptors (Lipinski definition) is 6. The molecule has 3 aromatic carbocycles. The summed E-state index contributed by atoms with van der Waals surface area (Å²) in [5, 5.41) is 2.41. The number of nitrogens with one attached hydrogen (secondary N) is 1. The molecule has 214 valence electrons. The van der Waals surface area contributed by atoms with E-state index in [-0.39, 0.29) is 17.2 Å². The van der Waals surface area contributed by atoms with E-state index in [9.17, 15) is 27.6 Å². The molecule has 14 heteroatoms. The molecule has 41 heavy (non-hydrogen) atoms. The number of hydrogen-bond donors (Lipinski definition) is 1. The highest BCUT2D eigenvalue weighted by molar-refractivity contribution is 14.1. The number of benzene rings is 3. The number of imide groups is 1. The van der Waals surface area contributed by atoms with E-state index in [2.05, 4.69) is 5.32 Å². The number of carbonyl (C=O) groups excluding carboxylic acids is 3. The zero-order chi connectivity index (χ0) is 29.9. The summed E-state index contributed by atoms with van der Waals surface area (Å²) in [7, 11) is 1.46. The van der Waals surface area contributed by atoms with Gasteiger partial charge in [-0.15, -0.1) is 0 Å². The highest BCUT2D eigenvalue weighted by Crippen LogP contribution is 2.38. The Balaban J connectivity index is 1.46. The van der Waals surface area contributed by atoms with Gasteiger partial charge < -0.3 is 14.8 Å². The van der Waals surface area contributed by atoms with Crippen molar-refractivity contribution in [1.82, 2.24) is 4.90 Å². The summed E-state index contributed by atoms with van der Waals surface area (Å²) < 4.78 is 50.9. The lowest BCUT2D eigenvalue weighted by atomic mass is 10.1. The Morgan fingerprint density at radius 2 is 1.85 bits per heavy atom. The van der Waals surface area contributed by atoms with Gasteiger partial charge in [-0.05, 0) is 94.0 Å². The van der Waals surface area contributed by atoms with E-state index in [4.69, 9.17) is 32.7 Å². The van der Waals surface area contributed by atoms with Gasteiger partial charge in [0.2, 0.25) is 5.91 Å². The number of carbonyl (C=O) groups is 3. The third-order valence-electron chi connectivity index (χ3n) is 5.57. The highest BCUT2D eigenvalue weighted by atomic mass is 127. The fourth-order valence-corrected chi connectivity index (χ4v) is 5.59. The van der Waals surface area contributed by atoms with Crippen molar-refractivity contribution in [2.75, 3.05) is 19.0 Å². The molecule has 1 fully saturated rings. The summed E-state index contributed by atoms with van der Waals surface area (Å²) in [5.74, 6) is -0.709. The molecular weight excluding hydrogens is 719 g/mol. The fraction of sp³-hybridized carbons (Fsp3) is 0.148. The Labute approximate surface area is 260 Å². The molecule has 0 radical (unpaired) electrons. The number of anilines is 1. The molecule has 1 N–H and O–H groups in total. The van der Waals surface area contributed by atoms with Crippen LogP contribution < -0.4 is 14.8 Å². The summed E-state index contributed by atoms with van der Waals surface area (Å²) in [6.07, 6.45) is -3.11. The summed E-state index contributed by atoms with van der Waals surface area (Å²) >= 11 is 14.7. The van der Waals surface area contributed by atoms with Gasteiger partial charge in [0.25, 0.3) is 11.1 Å². The molecule has 3 amide bonds. The fourth-order valence-electron chi connectivity index (χ4n) is 3.65. The first-order valence-corrected chi connectivity index (χ1v) is 14.2. The average molecular weight is 737 g/mol. The SMILES string of the molecule is COc1cc(/C=C2\SC(=O)N(CC(=O)Nc3cccc(C(F)(F)F)c3)C2=O)cc(I)c1OCc1ccc(Cl)c(Cl)c1. The number of nitrogens with zero attached hydrogens (tertiary/aromatic N) is 1. The van der Waals surface area contributed by atoms with Crippen LogP contribution in [0.15, 0.2) is 59.5 Å².